The largest absolute Gasteiger partial charge is 0.376 e. The van der Waals surface area contributed by atoms with Crippen LogP contribution in [0.15, 0.2) is 36.4 Å². The molecule has 0 fully saturated rings. The summed E-state index contributed by atoms with van der Waals surface area (Å²) in [6.45, 7) is 6.81. The molecule has 0 saturated heterocycles. The van der Waals surface area contributed by atoms with Gasteiger partial charge in [-0.2, -0.15) is 0 Å². The zero-order chi connectivity index (χ0) is 13.1. The predicted octanol–water partition coefficient (Wildman–Crippen LogP) is 3.49. The molecule has 1 aromatic carbocycles. The third kappa shape index (κ3) is 7.25. The molecule has 0 spiro atoms. The van der Waals surface area contributed by atoms with Gasteiger partial charge in [0.05, 0.1) is 13.2 Å². The lowest BCUT2D eigenvalue weighted by molar-refractivity contribution is 0.161. The van der Waals surface area contributed by atoms with Gasteiger partial charge in [-0.15, -0.1) is 0 Å². The summed E-state index contributed by atoms with van der Waals surface area (Å²) < 4.78 is 5.53. The molecule has 1 atom stereocenters. The number of hydrogen-bond acceptors (Lipinski definition) is 2. The quantitative estimate of drug-likeness (QED) is 0.674. The fourth-order valence-electron chi connectivity index (χ4n) is 1.81. The van der Waals surface area contributed by atoms with E-state index in [4.69, 9.17) is 4.74 Å². The number of hydrogen-bond donors (Lipinski definition) is 1. The van der Waals surface area contributed by atoms with E-state index in [0.717, 1.165) is 13.2 Å². The maximum Gasteiger partial charge on any atom is 0.0651 e. The van der Waals surface area contributed by atoms with Gasteiger partial charge in [-0.25, -0.2) is 0 Å². The molecule has 1 unspecified atom stereocenters. The van der Waals surface area contributed by atoms with Crippen molar-refractivity contribution in [2.24, 2.45) is 0 Å². The van der Waals surface area contributed by atoms with E-state index in [0.29, 0.717) is 12.6 Å². The van der Waals surface area contributed by atoms with Crippen LogP contribution in [0.1, 0.15) is 32.3 Å². The van der Waals surface area contributed by atoms with Gasteiger partial charge in [0.2, 0.25) is 0 Å². The van der Waals surface area contributed by atoms with Gasteiger partial charge in [-0.1, -0.05) is 55.8 Å². The fourth-order valence-corrected chi connectivity index (χ4v) is 1.81. The van der Waals surface area contributed by atoms with E-state index in [1.165, 1.54) is 18.4 Å². The summed E-state index contributed by atoms with van der Waals surface area (Å²) in [5, 5.41) is 3.44. The summed E-state index contributed by atoms with van der Waals surface area (Å²) >= 11 is 0. The van der Waals surface area contributed by atoms with Crippen molar-refractivity contribution in [3.05, 3.63) is 42.0 Å². The molecule has 2 nitrogen and oxygen atoms in total. The Balaban J connectivity index is 2.00. The molecule has 1 rings (SSSR count). The minimum atomic E-state index is 0.596. The van der Waals surface area contributed by atoms with Gasteiger partial charge in [0.1, 0.15) is 0 Å². The SMILES string of the molecule is CCCC(C)NCCOCC=Cc1ccccc1. The highest BCUT2D eigenvalue weighted by molar-refractivity contribution is 5.48. The summed E-state index contributed by atoms with van der Waals surface area (Å²) in [4.78, 5) is 0. The summed E-state index contributed by atoms with van der Waals surface area (Å²) in [6, 6.07) is 10.9. The van der Waals surface area contributed by atoms with Crippen LogP contribution in [0.25, 0.3) is 6.08 Å². The molecule has 0 aromatic heterocycles. The Kier molecular flexibility index (Phi) is 8.19. The Hall–Kier alpha value is -1.12. The molecule has 2 heteroatoms. The normalized spacial score (nSPS) is 13.0. The molecule has 100 valence electrons. The fraction of sp³-hybridized carbons (Fsp3) is 0.500. The summed E-state index contributed by atoms with van der Waals surface area (Å²) in [6.07, 6.45) is 6.61. The molecule has 0 aliphatic carbocycles. The second-order valence-corrected chi connectivity index (χ2v) is 4.53. The standard InChI is InChI=1S/C16H25NO/c1-3-8-15(2)17-12-14-18-13-7-11-16-9-5-4-6-10-16/h4-7,9-11,15,17H,3,8,12-14H2,1-2H3. The molecule has 0 aliphatic rings. The van der Waals surface area contributed by atoms with Crippen LogP contribution in [0.5, 0.6) is 0 Å². The van der Waals surface area contributed by atoms with Crippen LogP contribution in [-0.4, -0.2) is 25.8 Å². The second kappa shape index (κ2) is 9.86. The molecule has 0 radical (unpaired) electrons. The maximum absolute atomic E-state index is 5.53. The van der Waals surface area contributed by atoms with Crippen molar-refractivity contribution in [2.45, 2.75) is 32.7 Å². The van der Waals surface area contributed by atoms with Crippen molar-refractivity contribution in [1.29, 1.82) is 0 Å². The van der Waals surface area contributed by atoms with Crippen LogP contribution >= 0.6 is 0 Å². The van der Waals surface area contributed by atoms with E-state index in [1.54, 1.807) is 0 Å². The van der Waals surface area contributed by atoms with Crippen LogP contribution in [0.2, 0.25) is 0 Å². The topological polar surface area (TPSA) is 21.3 Å². The van der Waals surface area contributed by atoms with E-state index in [-0.39, 0.29) is 0 Å². The highest BCUT2D eigenvalue weighted by Gasteiger charge is 1.97. The monoisotopic (exact) mass is 247 g/mol. The van der Waals surface area contributed by atoms with E-state index >= 15 is 0 Å². The van der Waals surface area contributed by atoms with Gasteiger partial charge >= 0.3 is 0 Å². The first-order valence-electron chi connectivity index (χ1n) is 6.85. The molecule has 0 bridgehead atoms. The number of nitrogens with one attached hydrogen (secondary N) is 1. The minimum absolute atomic E-state index is 0.596. The average Bonchev–Trinajstić information content (AvgIpc) is 2.39. The Morgan fingerprint density at radius 2 is 2.06 bits per heavy atom. The Labute approximate surface area is 111 Å². The lowest BCUT2D eigenvalue weighted by Gasteiger charge is -2.11. The van der Waals surface area contributed by atoms with Gasteiger partial charge in [0, 0.05) is 12.6 Å². The summed E-state index contributed by atoms with van der Waals surface area (Å²) in [7, 11) is 0. The summed E-state index contributed by atoms with van der Waals surface area (Å²) in [5.74, 6) is 0. The lowest BCUT2D eigenvalue weighted by Crippen LogP contribution is -2.29. The molecule has 1 aromatic rings. The first kappa shape index (κ1) is 14.9. The van der Waals surface area contributed by atoms with Crippen LogP contribution < -0.4 is 5.32 Å². The second-order valence-electron chi connectivity index (χ2n) is 4.53. The zero-order valence-corrected chi connectivity index (χ0v) is 11.6. The number of ether oxygens (including phenoxy) is 1. The zero-order valence-electron chi connectivity index (χ0n) is 11.6. The highest BCUT2D eigenvalue weighted by Crippen LogP contribution is 2.00. The number of rotatable bonds is 9. The van der Waals surface area contributed by atoms with Crippen molar-refractivity contribution in [1.82, 2.24) is 5.32 Å². The molecule has 0 aliphatic heterocycles. The molecule has 0 saturated carbocycles. The predicted molar refractivity (Wildman–Crippen MR) is 78.7 cm³/mol. The van der Waals surface area contributed by atoms with E-state index in [9.17, 15) is 0 Å². The molecule has 18 heavy (non-hydrogen) atoms. The van der Waals surface area contributed by atoms with E-state index in [2.05, 4.69) is 43.4 Å². The van der Waals surface area contributed by atoms with Crippen molar-refractivity contribution in [3.8, 4) is 0 Å². The Morgan fingerprint density at radius 3 is 2.78 bits per heavy atom. The van der Waals surface area contributed by atoms with E-state index < -0.39 is 0 Å². The van der Waals surface area contributed by atoms with Crippen LogP contribution in [0.4, 0.5) is 0 Å². The first-order chi connectivity index (χ1) is 8.83. The smallest absolute Gasteiger partial charge is 0.0651 e. The van der Waals surface area contributed by atoms with Crippen LogP contribution in [0, 0.1) is 0 Å². The van der Waals surface area contributed by atoms with Gasteiger partial charge in [0.15, 0.2) is 0 Å². The molecule has 0 heterocycles. The molecular formula is C16H25NO. The third-order valence-electron chi connectivity index (χ3n) is 2.78. The van der Waals surface area contributed by atoms with Gasteiger partial charge in [-0.3, -0.25) is 0 Å². The lowest BCUT2D eigenvalue weighted by atomic mass is 10.2. The van der Waals surface area contributed by atoms with Crippen molar-refractivity contribution in [3.63, 3.8) is 0 Å². The van der Waals surface area contributed by atoms with Crippen molar-refractivity contribution in [2.75, 3.05) is 19.8 Å². The van der Waals surface area contributed by atoms with Gasteiger partial charge in [0.25, 0.3) is 0 Å². The average molecular weight is 247 g/mol. The van der Waals surface area contributed by atoms with Gasteiger partial charge in [-0.05, 0) is 18.9 Å². The highest BCUT2D eigenvalue weighted by atomic mass is 16.5. The van der Waals surface area contributed by atoms with Crippen LogP contribution in [-0.2, 0) is 4.74 Å². The number of benzene rings is 1. The Bertz CT molecular complexity index is 321. The molecule has 1 N–H and O–H groups in total. The molecular weight excluding hydrogens is 222 g/mol. The van der Waals surface area contributed by atoms with E-state index in [1.807, 2.05) is 18.2 Å². The Morgan fingerprint density at radius 1 is 1.28 bits per heavy atom. The van der Waals surface area contributed by atoms with Crippen LogP contribution in [0.3, 0.4) is 0 Å². The maximum atomic E-state index is 5.53. The van der Waals surface area contributed by atoms with Crippen molar-refractivity contribution >= 4 is 6.08 Å². The third-order valence-corrected chi connectivity index (χ3v) is 2.78. The summed E-state index contributed by atoms with van der Waals surface area (Å²) in [5.41, 5.74) is 1.22. The minimum Gasteiger partial charge on any atom is -0.376 e. The first-order valence-corrected chi connectivity index (χ1v) is 6.85. The molecule has 0 amide bonds. The van der Waals surface area contributed by atoms with Gasteiger partial charge < -0.3 is 10.1 Å². The van der Waals surface area contributed by atoms with Crippen molar-refractivity contribution < 1.29 is 4.74 Å².